The van der Waals surface area contributed by atoms with Crippen molar-refractivity contribution in [1.82, 2.24) is 9.62 Å². The van der Waals surface area contributed by atoms with Crippen LogP contribution in [0.2, 0.25) is 0 Å². The number of carbonyl (C=O) groups is 1. The molecule has 134 valence electrons. The van der Waals surface area contributed by atoms with Gasteiger partial charge in [-0.25, -0.2) is 13.1 Å². The molecule has 24 heavy (non-hydrogen) atoms. The van der Waals surface area contributed by atoms with Crippen molar-refractivity contribution in [3.05, 3.63) is 29.8 Å². The summed E-state index contributed by atoms with van der Waals surface area (Å²) < 4.78 is 27.0. The van der Waals surface area contributed by atoms with Gasteiger partial charge in [0.05, 0.1) is 4.90 Å². The van der Waals surface area contributed by atoms with Crippen LogP contribution in [0.5, 0.6) is 0 Å². The number of sulfonamides is 1. The second kappa shape index (κ2) is 8.12. The highest BCUT2D eigenvalue weighted by atomic mass is 32.2. The Morgan fingerprint density at radius 3 is 2.38 bits per heavy atom. The predicted molar refractivity (Wildman–Crippen MR) is 95.4 cm³/mol. The van der Waals surface area contributed by atoms with Gasteiger partial charge in [-0.2, -0.15) is 0 Å². The lowest BCUT2D eigenvalue weighted by Crippen LogP contribution is -2.33. The molecule has 0 bridgehead atoms. The minimum Gasteiger partial charge on any atom is -0.338 e. The maximum Gasteiger partial charge on any atom is 0.253 e. The molecule has 2 rings (SSSR count). The summed E-state index contributed by atoms with van der Waals surface area (Å²) in [5.41, 5.74) is 0.548. The fraction of sp³-hybridized carbons (Fsp3) is 0.611. The second-order valence-corrected chi connectivity index (χ2v) is 8.73. The van der Waals surface area contributed by atoms with E-state index in [0.29, 0.717) is 18.0 Å². The molecule has 5 nitrogen and oxygen atoms in total. The van der Waals surface area contributed by atoms with Crippen LogP contribution in [0.3, 0.4) is 0 Å². The van der Waals surface area contributed by atoms with Gasteiger partial charge in [0.1, 0.15) is 0 Å². The Hall–Kier alpha value is -1.40. The minimum absolute atomic E-state index is 0.0113. The van der Waals surface area contributed by atoms with E-state index in [2.05, 4.69) is 11.6 Å². The molecule has 1 aromatic carbocycles. The largest absolute Gasteiger partial charge is 0.338 e. The number of hydrogen-bond acceptors (Lipinski definition) is 3. The van der Waals surface area contributed by atoms with Crippen LogP contribution in [0, 0.1) is 11.8 Å². The predicted octanol–water partition coefficient (Wildman–Crippen LogP) is 2.88. The van der Waals surface area contributed by atoms with Gasteiger partial charge in [0.25, 0.3) is 5.91 Å². The van der Waals surface area contributed by atoms with Crippen LogP contribution < -0.4 is 4.72 Å². The summed E-state index contributed by atoms with van der Waals surface area (Å²) in [6.07, 6.45) is 3.32. The van der Waals surface area contributed by atoms with Gasteiger partial charge >= 0.3 is 0 Å². The molecule has 1 aromatic rings. The molecule has 1 amide bonds. The van der Waals surface area contributed by atoms with E-state index < -0.39 is 10.0 Å². The van der Waals surface area contributed by atoms with Crippen molar-refractivity contribution in [2.75, 3.05) is 19.6 Å². The molecule has 1 fully saturated rings. The molecule has 0 aromatic heterocycles. The molecule has 0 saturated heterocycles. The Balaban J connectivity index is 2.08. The first kappa shape index (κ1) is 18.9. The van der Waals surface area contributed by atoms with Gasteiger partial charge in [0, 0.05) is 25.2 Å². The SMILES string of the molecule is CCCN(CC1CC1)C(=O)c1ccc(S(=O)(=O)NCC(C)C)cc1. The maximum absolute atomic E-state index is 12.6. The molecule has 0 aliphatic heterocycles. The van der Waals surface area contributed by atoms with E-state index in [4.69, 9.17) is 0 Å². The standard InChI is InChI=1S/C18H28N2O3S/c1-4-11-20(13-15-5-6-15)18(21)16-7-9-17(10-8-16)24(22,23)19-12-14(2)3/h7-10,14-15,19H,4-6,11-13H2,1-3H3. The molecule has 0 spiro atoms. The Morgan fingerprint density at radius 2 is 1.88 bits per heavy atom. The number of amides is 1. The first-order valence-corrected chi connectivity index (χ1v) is 10.2. The second-order valence-electron chi connectivity index (χ2n) is 6.96. The molecule has 0 unspecified atom stereocenters. The van der Waals surface area contributed by atoms with E-state index in [9.17, 15) is 13.2 Å². The number of benzene rings is 1. The average molecular weight is 353 g/mol. The normalized spacial score (nSPS) is 14.8. The van der Waals surface area contributed by atoms with Crippen LogP contribution in [0.25, 0.3) is 0 Å². The number of rotatable bonds is 9. The molecule has 1 N–H and O–H groups in total. The highest BCUT2D eigenvalue weighted by molar-refractivity contribution is 7.89. The van der Waals surface area contributed by atoms with Crippen LogP contribution in [-0.4, -0.2) is 38.9 Å². The smallest absolute Gasteiger partial charge is 0.253 e. The minimum atomic E-state index is -3.51. The van der Waals surface area contributed by atoms with Crippen LogP contribution in [0.4, 0.5) is 0 Å². The van der Waals surface area contributed by atoms with E-state index in [0.717, 1.165) is 19.5 Å². The Kier molecular flexibility index (Phi) is 6.40. The number of nitrogens with one attached hydrogen (secondary N) is 1. The fourth-order valence-electron chi connectivity index (χ4n) is 2.48. The number of nitrogens with zero attached hydrogens (tertiary/aromatic N) is 1. The van der Waals surface area contributed by atoms with Crippen LogP contribution in [0.15, 0.2) is 29.2 Å². The molecule has 0 radical (unpaired) electrons. The van der Waals surface area contributed by atoms with E-state index >= 15 is 0 Å². The average Bonchev–Trinajstić information content (AvgIpc) is 3.36. The molecule has 1 aliphatic carbocycles. The Bertz CT molecular complexity index is 649. The third kappa shape index (κ3) is 5.31. The van der Waals surface area contributed by atoms with E-state index in [1.807, 2.05) is 18.7 Å². The van der Waals surface area contributed by atoms with Crippen molar-refractivity contribution in [3.63, 3.8) is 0 Å². The van der Waals surface area contributed by atoms with Crippen molar-refractivity contribution in [1.29, 1.82) is 0 Å². The van der Waals surface area contributed by atoms with Gasteiger partial charge in [0.15, 0.2) is 0 Å². The van der Waals surface area contributed by atoms with Crippen molar-refractivity contribution in [2.24, 2.45) is 11.8 Å². The highest BCUT2D eigenvalue weighted by Gasteiger charge is 2.27. The number of carbonyl (C=O) groups excluding carboxylic acids is 1. The fourth-order valence-corrected chi connectivity index (χ4v) is 3.69. The molecule has 0 heterocycles. The third-order valence-electron chi connectivity index (χ3n) is 4.05. The van der Waals surface area contributed by atoms with Gasteiger partial charge in [0.2, 0.25) is 10.0 Å². The molecule has 0 atom stereocenters. The molecule has 6 heteroatoms. The molecule has 1 saturated carbocycles. The number of hydrogen-bond donors (Lipinski definition) is 1. The first-order chi connectivity index (χ1) is 11.3. The van der Waals surface area contributed by atoms with Gasteiger partial charge in [-0.1, -0.05) is 20.8 Å². The van der Waals surface area contributed by atoms with Gasteiger partial charge < -0.3 is 4.90 Å². The van der Waals surface area contributed by atoms with E-state index in [1.54, 1.807) is 12.1 Å². The van der Waals surface area contributed by atoms with Crippen LogP contribution in [-0.2, 0) is 10.0 Å². The maximum atomic E-state index is 12.6. The quantitative estimate of drug-likeness (QED) is 0.743. The Morgan fingerprint density at radius 1 is 1.25 bits per heavy atom. The van der Waals surface area contributed by atoms with Gasteiger partial charge in [-0.05, 0) is 55.4 Å². The Labute approximate surface area is 145 Å². The van der Waals surface area contributed by atoms with Crippen molar-refractivity contribution < 1.29 is 13.2 Å². The van der Waals surface area contributed by atoms with Gasteiger partial charge in [-0.3, -0.25) is 4.79 Å². The third-order valence-corrected chi connectivity index (χ3v) is 5.49. The topological polar surface area (TPSA) is 66.5 Å². The molecular weight excluding hydrogens is 324 g/mol. The van der Waals surface area contributed by atoms with E-state index in [1.165, 1.54) is 25.0 Å². The summed E-state index contributed by atoms with van der Waals surface area (Å²) in [7, 11) is -3.51. The summed E-state index contributed by atoms with van der Waals surface area (Å²) >= 11 is 0. The summed E-state index contributed by atoms with van der Waals surface area (Å²) in [6.45, 7) is 7.91. The molecule has 1 aliphatic rings. The van der Waals surface area contributed by atoms with Crippen molar-refractivity contribution in [2.45, 2.75) is 44.9 Å². The highest BCUT2D eigenvalue weighted by Crippen LogP contribution is 2.30. The monoisotopic (exact) mass is 352 g/mol. The van der Waals surface area contributed by atoms with Crippen molar-refractivity contribution >= 4 is 15.9 Å². The van der Waals surface area contributed by atoms with Crippen LogP contribution >= 0.6 is 0 Å². The zero-order valence-corrected chi connectivity index (χ0v) is 15.6. The molecular formula is C18H28N2O3S. The van der Waals surface area contributed by atoms with E-state index in [-0.39, 0.29) is 16.7 Å². The van der Waals surface area contributed by atoms with Crippen LogP contribution in [0.1, 0.15) is 50.4 Å². The summed E-state index contributed by atoms with van der Waals surface area (Å²) in [5, 5.41) is 0. The first-order valence-electron chi connectivity index (χ1n) is 8.72. The van der Waals surface area contributed by atoms with Gasteiger partial charge in [-0.15, -0.1) is 0 Å². The summed E-state index contributed by atoms with van der Waals surface area (Å²) in [4.78, 5) is 14.7. The lowest BCUT2D eigenvalue weighted by atomic mass is 10.2. The summed E-state index contributed by atoms with van der Waals surface area (Å²) in [5.74, 6) is 0.869. The van der Waals surface area contributed by atoms with Crippen molar-refractivity contribution in [3.8, 4) is 0 Å². The zero-order chi connectivity index (χ0) is 17.7. The zero-order valence-electron chi connectivity index (χ0n) is 14.8. The lowest BCUT2D eigenvalue weighted by molar-refractivity contribution is 0.0747. The summed E-state index contributed by atoms with van der Waals surface area (Å²) in [6, 6.07) is 6.25. The lowest BCUT2D eigenvalue weighted by Gasteiger charge is -2.22.